The van der Waals surface area contributed by atoms with Gasteiger partial charge in [0.1, 0.15) is 0 Å². The second-order valence-corrected chi connectivity index (χ2v) is 7.23. The maximum atomic E-state index is 13.5. The van der Waals surface area contributed by atoms with Gasteiger partial charge < -0.3 is 15.5 Å². The molecule has 0 saturated heterocycles. The molecule has 154 valence electrons. The number of hydrogen-bond acceptors (Lipinski definition) is 3. The van der Waals surface area contributed by atoms with Crippen LogP contribution in [0.25, 0.3) is 0 Å². The van der Waals surface area contributed by atoms with E-state index in [1.807, 2.05) is 4.68 Å². The van der Waals surface area contributed by atoms with Crippen LogP contribution in [0.4, 0.5) is 29.3 Å². The lowest BCUT2D eigenvalue weighted by molar-refractivity contribution is -0.115. The van der Waals surface area contributed by atoms with Gasteiger partial charge in [0.2, 0.25) is 5.91 Å². The quantitative estimate of drug-likeness (QED) is 0.760. The maximum absolute atomic E-state index is 13.5. The van der Waals surface area contributed by atoms with Gasteiger partial charge in [-0.2, -0.15) is 5.10 Å². The summed E-state index contributed by atoms with van der Waals surface area (Å²) in [6, 6.07) is 0.755. The smallest absolute Gasteiger partial charge is 0.322 e. The summed E-state index contributed by atoms with van der Waals surface area (Å²) in [6.07, 6.45) is 4.37. The van der Waals surface area contributed by atoms with Gasteiger partial charge in [-0.05, 0) is 19.3 Å². The van der Waals surface area contributed by atoms with E-state index in [-0.39, 0.29) is 30.2 Å². The van der Waals surface area contributed by atoms with Crippen LogP contribution < -0.4 is 10.6 Å². The zero-order chi connectivity index (χ0) is 20.7. The Labute approximate surface area is 164 Å². The van der Waals surface area contributed by atoms with Crippen molar-refractivity contribution in [3.05, 3.63) is 41.5 Å². The summed E-state index contributed by atoms with van der Waals surface area (Å²) in [5.41, 5.74) is 1.07. The summed E-state index contributed by atoms with van der Waals surface area (Å²) < 4.78 is 42.0. The molecular weight excluding hydrogens is 387 g/mol. The van der Waals surface area contributed by atoms with Crippen LogP contribution in [0.2, 0.25) is 0 Å². The topological polar surface area (TPSA) is 79.3 Å². The molecule has 2 aromatic rings. The third-order valence-corrected chi connectivity index (χ3v) is 5.47. The number of nitrogens with one attached hydrogen (secondary N) is 2. The highest BCUT2D eigenvalue weighted by Crippen LogP contribution is 2.40. The molecule has 7 nitrogen and oxygen atoms in total. The number of halogens is 3. The largest absolute Gasteiger partial charge is 0.323 e. The second-order valence-electron chi connectivity index (χ2n) is 7.23. The number of carbonyl (C=O) groups excluding carboxylic acids is 2. The lowest BCUT2D eigenvalue weighted by Crippen LogP contribution is -2.49. The number of anilines is 2. The van der Waals surface area contributed by atoms with Gasteiger partial charge in [-0.3, -0.25) is 9.48 Å². The van der Waals surface area contributed by atoms with Gasteiger partial charge in [-0.25, -0.2) is 18.0 Å². The predicted molar refractivity (Wildman–Crippen MR) is 98.7 cm³/mol. The fourth-order valence-corrected chi connectivity index (χ4v) is 4.07. The van der Waals surface area contributed by atoms with E-state index in [0.717, 1.165) is 31.4 Å². The first-order chi connectivity index (χ1) is 13.9. The number of fused-ring (bicyclic) bond motifs is 3. The molecule has 4 rings (SSSR count). The fraction of sp³-hybridized carbons (Fsp3) is 0.421. The number of amides is 3. The van der Waals surface area contributed by atoms with E-state index in [0.29, 0.717) is 17.8 Å². The molecule has 0 spiro atoms. The summed E-state index contributed by atoms with van der Waals surface area (Å²) >= 11 is 0. The van der Waals surface area contributed by atoms with E-state index in [2.05, 4.69) is 15.7 Å². The molecule has 2 N–H and O–H groups in total. The molecule has 0 unspecified atom stereocenters. The van der Waals surface area contributed by atoms with Crippen LogP contribution >= 0.6 is 0 Å². The van der Waals surface area contributed by atoms with Gasteiger partial charge in [-0.15, -0.1) is 0 Å². The van der Waals surface area contributed by atoms with E-state index in [4.69, 9.17) is 0 Å². The maximum Gasteiger partial charge on any atom is 0.322 e. The van der Waals surface area contributed by atoms with Crippen LogP contribution in [0, 0.1) is 17.5 Å². The fourth-order valence-electron chi connectivity index (χ4n) is 4.07. The molecule has 1 aromatic carbocycles. The van der Waals surface area contributed by atoms with Gasteiger partial charge in [0.25, 0.3) is 0 Å². The van der Waals surface area contributed by atoms with E-state index in [1.165, 1.54) is 0 Å². The van der Waals surface area contributed by atoms with Crippen molar-refractivity contribution < 1.29 is 22.8 Å². The molecule has 0 radical (unpaired) electrons. The molecule has 0 bridgehead atoms. The van der Waals surface area contributed by atoms with Crippen LogP contribution in [-0.4, -0.2) is 32.7 Å². The summed E-state index contributed by atoms with van der Waals surface area (Å²) in [5.74, 6) is -4.50. The standard InChI is InChI=1S/C19H20F3N5O2/c1-2-17(28)25-13-8-23-27-15-5-3-4-14(15)26(9-16(13)27)19(29)24-10-6-11(20)18(22)12(21)7-10/h6-8,14-15H,2-5,9H2,1H3,(H,24,29)(H,25,28)/t14-,15+/m0/s1. The Morgan fingerprint density at radius 1 is 1.14 bits per heavy atom. The molecule has 2 aliphatic rings. The summed E-state index contributed by atoms with van der Waals surface area (Å²) in [4.78, 5) is 26.3. The number of aromatic nitrogens is 2. The molecular formula is C19H20F3N5O2. The van der Waals surface area contributed by atoms with E-state index >= 15 is 0 Å². The van der Waals surface area contributed by atoms with Gasteiger partial charge in [0.15, 0.2) is 17.5 Å². The van der Waals surface area contributed by atoms with Crippen molar-refractivity contribution in [2.24, 2.45) is 0 Å². The first-order valence-corrected chi connectivity index (χ1v) is 9.47. The molecule has 1 aliphatic carbocycles. The van der Waals surface area contributed by atoms with Crippen LogP contribution in [0.3, 0.4) is 0 Å². The van der Waals surface area contributed by atoms with Gasteiger partial charge >= 0.3 is 6.03 Å². The highest BCUT2D eigenvalue weighted by Gasteiger charge is 2.42. The Morgan fingerprint density at radius 3 is 2.52 bits per heavy atom. The van der Waals surface area contributed by atoms with Crippen molar-refractivity contribution in [3.8, 4) is 0 Å². The zero-order valence-corrected chi connectivity index (χ0v) is 15.7. The minimum atomic E-state index is -1.59. The number of nitrogens with zero attached hydrogens (tertiary/aromatic N) is 3. The Balaban J connectivity index is 1.60. The lowest BCUT2D eigenvalue weighted by Gasteiger charge is -2.38. The van der Waals surface area contributed by atoms with Crippen molar-refractivity contribution in [2.75, 3.05) is 10.6 Å². The van der Waals surface area contributed by atoms with E-state index in [9.17, 15) is 22.8 Å². The van der Waals surface area contributed by atoms with E-state index < -0.39 is 23.5 Å². The monoisotopic (exact) mass is 407 g/mol. The number of benzene rings is 1. The summed E-state index contributed by atoms with van der Waals surface area (Å²) in [6.45, 7) is 1.91. The number of rotatable bonds is 3. The summed E-state index contributed by atoms with van der Waals surface area (Å²) in [5, 5.41) is 9.64. The summed E-state index contributed by atoms with van der Waals surface area (Å²) in [7, 11) is 0. The van der Waals surface area contributed by atoms with Gasteiger partial charge in [0, 0.05) is 24.2 Å². The molecule has 3 amide bonds. The lowest BCUT2D eigenvalue weighted by atomic mass is 10.1. The number of carbonyl (C=O) groups is 2. The van der Waals surface area contributed by atoms with Gasteiger partial charge in [-0.1, -0.05) is 6.92 Å². The Kier molecular flexibility index (Phi) is 4.93. The SMILES string of the molecule is CCC(=O)Nc1cnn2c1CN(C(=O)Nc1cc(F)c(F)c(F)c1)[C@H]1CCC[C@H]12. The Hall–Kier alpha value is -3.04. The average molecular weight is 407 g/mol. The second kappa shape index (κ2) is 7.41. The highest BCUT2D eigenvalue weighted by atomic mass is 19.2. The van der Waals surface area contributed by atoms with Crippen molar-refractivity contribution >= 4 is 23.3 Å². The number of hydrogen-bond donors (Lipinski definition) is 2. The van der Waals surface area contributed by atoms with Crippen molar-refractivity contribution in [1.29, 1.82) is 0 Å². The normalized spacial score (nSPS) is 20.2. The Morgan fingerprint density at radius 2 is 1.83 bits per heavy atom. The molecule has 1 saturated carbocycles. The molecule has 2 heterocycles. The number of urea groups is 1. The molecule has 29 heavy (non-hydrogen) atoms. The van der Waals surface area contributed by atoms with Crippen LogP contribution in [0.5, 0.6) is 0 Å². The van der Waals surface area contributed by atoms with Crippen molar-refractivity contribution in [2.45, 2.75) is 51.2 Å². The van der Waals surface area contributed by atoms with Crippen molar-refractivity contribution in [1.82, 2.24) is 14.7 Å². The van der Waals surface area contributed by atoms with Crippen LogP contribution in [-0.2, 0) is 11.3 Å². The molecule has 10 heteroatoms. The first-order valence-electron chi connectivity index (χ1n) is 9.47. The molecule has 1 aromatic heterocycles. The first kappa shape index (κ1) is 19.3. The van der Waals surface area contributed by atoms with Gasteiger partial charge in [0.05, 0.1) is 36.2 Å². The minimum Gasteiger partial charge on any atom is -0.323 e. The highest BCUT2D eigenvalue weighted by molar-refractivity contribution is 5.92. The van der Waals surface area contributed by atoms with Crippen LogP contribution in [0.1, 0.15) is 44.3 Å². The third kappa shape index (κ3) is 3.43. The molecule has 1 fully saturated rings. The Bertz CT molecular complexity index is 954. The van der Waals surface area contributed by atoms with Crippen molar-refractivity contribution in [3.63, 3.8) is 0 Å². The predicted octanol–water partition coefficient (Wildman–Crippen LogP) is 3.79. The average Bonchev–Trinajstić information content (AvgIpc) is 3.32. The van der Waals surface area contributed by atoms with Crippen LogP contribution in [0.15, 0.2) is 18.3 Å². The van der Waals surface area contributed by atoms with E-state index in [1.54, 1.807) is 18.0 Å². The molecule has 1 aliphatic heterocycles. The minimum absolute atomic E-state index is 0.0431. The third-order valence-electron chi connectivity index (χ3n) is 5.47. The zero-order valence-electron chi connectivity index (χ0n) is 15.7. The molecule has 2 atom stereocenters.